The van der Waals surface area contributed by atoms with Gasteiger partial charge in [0.25, 0.3) is 0 Å². The molecule has 0 aliphatic carbocycles. The zero-order chi connectivity index (χ0) is 12.0. The summed E-state index contributed by atoms with van der Waals surface area (Å²) in [6.45, 7) is 0.564. The summed E-state index contributed by atoms with van der Waals surface area (Å²) in [5.74, 6) is -0.362. The van der Waals surface area contributed by atoms with Gasteiger partial charge in [-0.3, -0.25) is 9.59 Å². The van der Waals surface area contributed by atoms with Crippen molar-refractivity contribution < 1.29 is 19.8 Å². The van der Waals surface area contributed by atoms with E-state index in [-0.39, 0.29) is 44.0 Å². The molecule has 16 heavy (non-hydrogen) atoms. The molecular weight excluding hydrogens is 212 g/mol. The molecule has 1 rings (SSSR count). The maximum absolute atomic E-state index is 11.9. The minimum absolute atomic E-state index is 0.0279. The number of rotatable bonds is 5. The molecule has 92 valence electrons. The van der Waals surface area contributed by atoms with Crippen LogP contribution in [0, 0.1) is 5.92 Å². The molecule has 0 aromatic rings. The summed E-state index contributed by atoms with van der Waals surface area (Å²) in [7, 11) is 0. The fourth-order valence-electron chi connectivity index (χ4n) is 1.78. The van der Waals surface area contributed by atoms with Gasteiger partial charge in [-0.05, 0) is 6.42 Å². The number of aliphatic hydroxyl groups excluding tert-OH is 2. The molecule has 2 amide bonds. The van der Waals surface area contributed by atoms with Gasteiger partial charge in [0.15, 0.2) is 0 Å². The molecule has 1 heterocycles. The summed E-state index contributed by atoms with van der Waals surface area (Å²) in [5, 5.41) is 20.3. The van der Waals surface area contributed by atoms with Crippen molar-refractivity contribution in [2.24, 2.45) is 5.92 Å². The van der Waals surface area contributed by atoms with Crippen LogP contribution in [0.3, 0.4) is 0 Å². The van der Waals surface area contributed by atoms with E-state index in [4.69, 9.17) is 10.2 Å². The zero-order valence-electron chi connectivity index (χ0n) is 9.19. The molecule has 0 saturated carbocycles. The van der Waals surface area contributed by atoms with Crippen LogP contribution in [0.2, 0.25) is 0 Å². The van der Waals surface area contributed by atoms with Crippen LogP contribution in [0.1, 0.15) is 12.8 Å². The molecule has 1 atom stereocenters. The van der Waals surface area contributed by atoms with Crippen LogP contribution in [0.5, 0.6) is 0 Å². The smallest absolute Gasteiger partial charge is 0.227 e. The van der Waals surface area contributed by atoms with E-state index in [2.05, 4.69) is 5.32 Å². The van der Waals surface area contributed by atoms with Gasteiger partial charge in [0.1, 0.15) is 0 Å². The summed E-state index contributed by atoms with van der Waals surface area (Å²) >= 11 is 0. The van der Waals surface area contributed by atoms with E-state index >= 15 is 0 Å². The molecule has 1 aliphatic rings. The Kier molecular flexibility index (Phi) is 5.21. The van der Waals surface area contributed by atoms with Crippen molar-refractivity contribution in [2.45, 2.75) is 12.8 Å². The Hall–Kier alpha value is -1.14. The lowest BCUT2D eigenvalue weighted by molar-refractivity contribution is -0.138. The van der Waals surface area contributed by atoms with Gasteiger partial charge < -0.3 is 20.4 Å². The molecule has 0 radical (unpaired) electrons. The number of carbonyl (C=O) groups is 2. The lowest BCUT2D eigenvalue weighted by Gasteiger charge is -2.28. The van der Waals surface area contributed by atoms with Gasteiger partial charge in [0.2, 0.25) is 11.8 Å². The number of carbonyl (C=O) groups excluding carboxylic acids is 2. The number of aliphatic hydroxyl groups is 2. The molecule has 6 heteroatoms. The minimum Gasteiger partial charge on any atom is -0.395 e. The summed E-state index contributed by atoms with van der Waals surface area (Å²) < 4.78 is 0. The molecule has 3 N–H and O–H groups in total. The summed E-state index contributed by atoms with van der Waals surface area (Å²) in [6.07, 6.45) is 0.903. The third-order valence-corrected chi connectivity index (χ3v) is 2.67. The van der Waals surface area contributed by atoms with E-state index in [0.29, 0.717) is 19.4 Å². The van der Waals surface area contributed by atoms with Crippen LogP contribution in [0.15, 0.2) is 0 Å². The number of nitrogens with zero attached hydrogens (tertiary/aromatic N) is 1. The Bertz CT molecular complexity index is 241. The van der Waals surface area contributed by atoms with E-state index in [0.717, 1.165) is 0 Å². The zero-order valence-corrected chi connectivity index (χ0v) is 9.19. The van der Waals surface area contributed by atoms with Crippen molar-refractivity contribution in [3.8, 4) is 0 Å². The molecular formula is C10H18N2O4. The molecule has 0 bridgehead atoms. The van der Waals surface area contributed by atoms with E-state index in [1.54, 1.807) is 0 Å². The lowest BCUT2D eigenvalue weighted by Crippen LogP contribution is -2.46. The molecule has 0 aromatic carbocycles. The third-order valence-electron chi connectivity index (χ3n) is 2.67. The van der Waals surface area contributed by atoms with Crippen LogP contribution < -0.4 is 5.32 Å². The molecule has 1 fully saturated rings. The number of nitrogens with one attached hydrogen (secondary N) is 1. The Morgan fingerprint density at radius 2 is 2.00 bits per heavy atom. The molecule has 1 saturated heterocycles. The Morgan fingerprint density at radius 1 is 1.38 bits per heavy atom. The van der Waals surface area contributed by atoms with Crippen LogP contribution in [0.25, 0.3) is 0 Å². The van der Waals surface area contributed by atoms with Crippen LogP contribution >= 0.6 is 0 Å². The van der Waals surface area contributed by atoms with E-state index in [1.807, 2.05) is 0 Å². The first-order chi connectivity index (χ1) is 7.69. The van der Waals surface area contributed by atoms with Crippen molar-refractivity contribution in [1.82, 2.24) is 10.2 Å². The molecule has 0 spiro atoms. The number of piperidine rings is 1. The average Bonchev–Trinajstić information content (AvgIpc) is 2.29. The number of hydrogen-bond acceptors (Lipinski definition) is 4. The van der Waals surface area contributed by atoms with E-state index in [9.17, 15) is 9.59 Å². The first-order valence-corrected chi connectivity index (χ1v) is 5.46. The first kappa shape index (κ1) is 12.9. The highest BCUT2D eigenvalue weighted by molar-refractivity contribution is 5.83. The maximum Gasteiger partial charge on any atom is 0.227 e. The van der Waals surface area contributed by atoms with Gasteiger partial charge in [0, 0.05) is 26.1 Å². The van der Waals surface area contributed by atoms with Crippen molar-refractivity contribution >= 4 is 11.8 Å². The van der Waals surface area contributed by atoms with Crippen LogP contribution in [-0.4, -0.2) is 59.8 Å². The van der Waals surface area contributed by atoms with Crippen molar-refractivity contribution in [1.29, 1.82) is 0 Å². The lowest BCUT2D eigenvalue weighted by atomic mass is 9.97. The predicted molar refractivity (Wildman–Crippen MR) is 56.5 cm³/mol. The predicted octanol–water partition coefficient (Wildman–Crippen LogP) is -1.67. The van der Waals surface area contributed by atoms with Crippen LogP contribution in [0.4, 0.5) is 0 Å². The van der Waals surface area contributed by atoms with Crippen molar-refractivity contribution in [3.05, 3.63) is 0 Å². The van der Waals surface area contributed by atoms with Crippen molar-refractivity contribution in [3.63, 3.8) is 0 Å². The van der Waals surface area contributed by atoms with Gasteiger partial charge in [-0.1, -0.05) is 0 Å². The fraction of sp³-hybridized carbons (Fsp3) is 0.800. The van der Waals surface area contributed by atoms with E-state index < -0.39 is 0 Å². The van der Waals surface area contributed by atoms with Gasteiger partial charge in [0.05, 0.1) is 19.1 Å². The van der Waals surface area contributed by atoms with Crippen LogP contribution in [-0.2, 0) is 9.59 Å². The Balaban J connectivity index is 2.49. The third kappa shape index (κ3) is 3.46. The SMILES string of the molecule is O=C1CCC(C(=O)N(CCO)CCO)CN1. The van der Waals surface area contributed by atoms with Gasteiger partial charge in [-0.25, -0.2) is 0 Å². The second-order valence-corrected chi connectivity index (χ2v) is 3.81. The molecule has 1 aliphatic heterocycles. The first-order valence-electron chi connectivity index (χ1n) is 5.46. The topological polar surface area (TPSA) is 89.9 Å². The maximum atomic E-state index is 11.9. The summed E-state index contributed by atoms with van der Waals surface area (Å²) in [6, 6.07) is 0. The average molecular weight is 230 g/mol. The largest absolute Gasteiger partial charge is 0.395 e. The fourth-order valence-corrected chi connectivity index (χ4v) is 1.78. The number of hydrogen-bond donors (Lipinski definition) is 3. The quantitative estimate of drug-likeness (QED) is 0.526. The van der Waals surface area contributed by atoms with Gasteiger partial charge in [-0.15, -0.1) is 0 Å². The normalized spacial score (nSPS) is 20.4. The highest BCUT2D eigenvalue weighted by Crippen LogP contribution is 2.13. The summed E-state index contributed by atoms with van der Waals surface area (Å²) in [4.78, 5) is 24.3. The van der Waals surface area contributed by atoms with E-state index in [1.165, 1.54) is 4.90 Å². The standard InChI is InChI=1S/C10H18N2O4/c13-5-3-12(4-6-14)10(16)8-1-2-9(15)11-7-8/h8,13-14H,1-7H2,(H,11,15). The number of amides is 2. The van der Waals surface area contributed by atoms with Gasteiger partial charge >= 0.3 is 0 Å². The summed E-state index contributed by atoms with van der Waals surface area (Å²) in [5.41, 5.74) is 0. The highest BCUT2D eigenvalue weighted by atomic mass is 16.3. The molecule has 1 unspecified atom stereocenters. The molecule has 0 aromatic heterocycles. The highest BCUT2D eigenvalue weighted by Gasteiger charge is 2.27. The van der Waals surface area contributed by atoms with Crippen molar-refractivity contribution in [2.75, 3.05) is 32.8 Å². The Labute approximate surface area is 94.2 Å². The second-order valence-electron chi connectivity index (χ2n) is 3.81. The van der Waals surface area contributed by atoms with Gasteiger partial charge in [-0.2, -0.15) is 0 Å². The monoisotopic (exact) mass is 230 g/mol. The minimum atomic E-state index is -0.226. The Morgan fingerprint density at radius 3 is 2.44 bits per heavy atom. The second kappa shape index (κ2) is 6.44. The molecule has 6 nitrogen and oxygen atoms in total.